The van der Waals surface area contributed by atoms with Crippen LogP contribution in [-0.2, 0) is 6.42 Å². The average molecular weight is 241 g/mol. The second-order valence-corrected chi connectivity index (χ2v) is 4.05. The summed E-state index contributed by atoms with van der Waals surface area (Å²) in [5.74, 6) is 0. The lowest BCUT2D eigenvalue weighted by Gasteiger charge is -2.10. The van der Waals surface area contributed by atoms with Crippen molar-refractivity contribution in [3.63, 3.8) is 0 Å². The van der Waals surface area contributed by atoms with Gasteiger partial charge in [-0.05, 0) is 28.3 Å². The number of carboxylic acid groups (broad SMARTS) is 1. The molecule has 0 atom stereocenters. The number of hydrogen-bond acceptors (Lipinski definition) is 1. The Bertz CT molecular complexity index is 590. The highest BCUT2D eigenvalue weighted by Crippen LogP contribution is 2.23. The number of nitrogens with one attached hydrogen (secondary N) is 1. The third kappa shape index (κ3) is 2.51. The maximum absolute atomic E-state index is 10.4. The monoisotopic (exact) mass is 241 g/mol. The van der Waals surface area contributed by atoms with Crippen molar-refractivity contribution >= 4 is 22.9 Å². The van der Waals surface area contributed by atoms with E-state index in [0.29, 0.717) is 13.0 Å². The molecule has 3 nitrogen and oxygen atoms in total. The van der Waals surface area contributed by atoms with Gasteiger partial charge in [0.05, 0.1) is 0 Å². The van der Waals surface area contributed by atoms with Crippen molar-refractivity contribution in [3.05, 3.63) is 54.1 Å². The van der Waals surface area contributed by atoms with Crippen molar-refractivity contribution in [2.45, 2.75) is 6.42 Å². The molecule has 0 aliphatic carbocycles. The molecule has 18 heavy (non-hydrogen) atoms. The van der Waals surface area contributed by atoms with Crippen molar-refractivity contribution in [1.82, 2.24) is 5.32 Å². The molecule has 3 heteroatoms. The minimum Gasteiger partial charge on any atom is -0.465 e. The maximum atomic E-state index is 10.4. The number of hydrogen-bond donors (Lipinski definition) is 2. The van der Waals surface area contributed by atoms with Crippen LogP contribution in [0.2, 0.25) is 0 Å². The van der Waals surface area contributed by atoms with Crippen molar-refractivity contribution in [3.8, 4) is 0 Å². The van der Waals surface area contributed by atoms with Gasteiger partial charge in [-0.15, -0.1) is 0 Å². The van der Waals surface area contributed by atoms with Crippen LogP contribution in [0.25, 0.3) is 16.8 Å². The molecule has 0 heterocycles. The van der Waals surface area contributed by atoms with Crippen LogP contribution in [0.15, 0.2) is 43.0 Å². The molecule has 0 aliphatic heterocycles. The number of amides is 1. The molecule has 2 aromatic carbocycles. The molecule has 0 fully saturated rings. The van der Waals surface area contributed by atoms with Gasteiger partial charge >= 0.3 is 6.09 Å². The Morgan fingerprint density at radius 3 is 2.78 bits per heavy atom. The lowest BCUT2D eigenvalue weighted by atomic mass is 9.97. The maximum Gasteiger partial charge on any atom is 0.404 e. The summed E-state index contributed by atoms with van der Waals surface area (Å²) in [4.78, 5) is 10.4. The second-order valence-electron chi connectivity index (χ2n) is 4.05. The van der Waals surface area contributed by atoms with E-state index in [0.717, 1.165) is 16.5 Å². The van der Waals surface area contributed by atoms with E-state index in [2.05, 4.69) is 30.1 Å². The Labute approximate surface area is 106 Å². The first-order valence-electron chi connectivity index (χ1n) is 5.82. The molecule has 0 saturated heterocycles. The smallest absolute Gasteiger partial charge is 0.404 e. The Balaban J connectivity index is 2.33. The Morgan fingerprint density at radius 1 is 1.28 bits per heavy atom. The molecule has 0 radical (unpaired) electrons. The van der Waals surface area contributed by atoms with Gasteiger partial charge in [-0.25, -0.2) is 4.79 Å². The zero-order valence-corrected chi connectivity index (χ0v) is 10.0. The van der Waals surface area contributed by atoms with Crippen LogP contribution in [0.1, 0.15) is 11.1 Å². The van der Waals surface area contributed by atoms with Crippen LogP contribution in [0, 0.1) is 0 Å². The van der Waals surface area contributed by atoms with Gasteiger partial charge in [-0.1, -0.05) is 49.1 Å². The predicted octanol–water partition coefficient (Wildman–Crippen LogP) is 3.29. The summed E-state index contributed by atoms with van der Waals surface area (Å²) in [7, 11) is 0. The fourth-order valence-corrected chi connectivity index (χ4v) is 2.10. The Hall–Kier alpha value is -2.29. The van der Waals surface area contributed by atoms with Crippen LogP contribution in [-0.4, -0.2) is 17.7 Å². The highest BCUT2D eigenvalue weighted by Gasteiger charge is 2.05. The van der Waals surface area contributed by atoms with E-state index in [4.69, 9.17) is 5.11 Å². The highest BCUT2D eigenvalue weighted by molar-refractivity contribution is 5.91. The van der Waals surface area contributed by atoms with Crippen molar-refractivity contribution < 1.29 is 9.90 Å². The second kappa shape index (κ2) is 5.36. The molecular formula is C15H15NO2. The summed E-state index contributed by atoms with van der Waals surface area (Å²) in [5.41, 5.74) is 2.19. The fraction of sp³-hybridized carbons (Fsp3) is 0.133. The normalized spacial score (nSPS) is 10.2. The van der Waals surface area contributed by atoms with E-state index in [1.165, 1.54) is 5.39 Å². The van der Waals surface area contributed by atoms with Crippen LogP contribution in [0.4, 0.5) is 4.79 Å². The predicted molar refractivity (Wildman–Crippen MR) is 73.8 cm³/mol. The largest absolute Gasteiger partial charge is 0.465 e. The van der Waals surface area contributed by atoms with Crippen LogP contribution in [0.3, 0.4) is 0 Å². The molecule has 0 aliphatic rings. The Kier molecular flexibility index (Phi) is 3.63. The molecule has 0 spiro atoms. The third-order valence-electron chi connectivity index (χ3n) is 2.94. The van der Waals surface area contributed by atoms with Crippen LogP contribution >= 0.6 is 0 Å². The molecule has 0 bridgehead atoms. The van der Waals surface area contributed by atoms with E-state index >= 15 is 0 Å². The molecule has 92 valence electrons. The zero-order chi connectivity index (χ0) is 13.0. The van der Waals surface area contributed by atoms with Crippen LogP contribution < -0.4 is 5.32 Å². The summed E-state index contributed by atoms with van der Waals surface area (Å²) in [5, 5.41) is 13.3. The molecule has 0 saturated carbocycles. The van der Waals surface area contributed by atoms with Gasteiger partial charge in [-0.3, -0.25) is 0 Å². The average Bonchev–Trinajstić information content (AvgIpc) is 2.38. The van der Waals surface area contributed by atoms with Crippen LogP contribution in [0.5, 0.6) is 0 Å². The van der Waals surface area contributed by atoms with Crippen molar-refractivity contribution in [1.29, 1.82) is 0 Å². The van der Waals surface area contributed by atoms with E-state index in [1.807, 2.05) is 24.3 Å². The molecule has 0 unspecified atom stereocenters. The third-order valence-corrected chi connectivity index (χ3v) is 2.94. The quantitative estimate of drug-likeness (QED) is 0.862. The van der Waals surface area contributed by atoms with Crippen molar-refractivity contribution in [2.24, 2.45) is 0 Å². The van der Waals surface area contributed by atoms with Gasteiger partial charge < -0.3 is 10.4 Å². The minimum atomic E-state index is -0.990. The molecule has 2 aromatic rings. The molecule has 2 N–H and O–H groups in total. The van der Waals surface area contributed by atoms with E-state index in [-0.39, 0.29) is 0 Å². The summed E-state index contributed by atoms with van der Waals surface area (Å²) >= 11 is 0. The number of rotatable bonds is 4. The van der Waals surface area contributed by atoms with Gasteiger partial charge in [0.2, 0.25) is 0 Å². The first-order chi connectivity index (χ1) is 8.72. The fourth-order valence-electron chi connectivity index (χ4n) is 2.10. The van der Waals surface area contributed by atoms with Gasteiger partial charge in [0.25, 0.3) is 0 Å². The number of fused-ring (bicyclic) bond motifs is 1. The summed E-state index contributed by atoms with van der Waals surface area (Å²) in [6, 6.07) is 12.2. The zero-order valence-electron chi connectivity index (χ0n) is 10.0. The number of benzene rings is 2. The van der Waals surface area contributed by atoms with Gasteiger partial charge in [0.15, 0.2) is 0 Å². The Morgan fingerprint density at radius 2 is 2.06 bits per heavy atom. The molecular weight excluding hydrogens is 226 g/mol. The first kappa shape index (κ1) is 12.2. The molecule has 2 rings (SSSR count). The standard InChI is InChI=1S/C15H15NO2/c1-2-13-12(9-10-16-15(17)18)8-7-11-5-3-4-6-14(11)13/h2-8,16H,1,9-10H2,(H,17,18). The minimum absolute atomic E-state index is 0.411. The lowest BCUT2D eigenvalue weighted by Crippen LogP contribution is -2.23. The van der Waals surface area contributed by atoms with Gasteiger partial charge in [0.1, 0.15) is 0 Å². The van der Waals surface area contributed by atoms with E-state index in [1.54, 1.807) is 0 Å². The van der Waals surface area contributed by atoms with Gasteiger partial charge in [-0.2, -0.15) is 0 Å². The SMILES string of the molecule is C=Cc1c(CCNC(=O)O)ccc2ccccc12. The molecule has 0 aromatic heterocycles. The topological polar surface area (TPSA) is 49.3 Å². The van der Waals surface area contributed by atoms with E-state index < -0.39 is 6.09 Å². The molecule has 1 amide bonds. The van der Waals surface area contributed by atoms with Crippen molar-refractivity contribution in [2.75, 3.05) is 6.54 Å². The van der Waals surface area contributed by atoms with E-state index in [9.17, 15) is 4.79 Å². The first-order valence-corrected chi connectivity index (χ1v) is 5.82. The lowest BCUT2D eigenvalue weighted by molar-refractivity contribution is 0.194. The summed E-state index contributed by atoms with van der Waals surface area (Å²) in [6.45, 7) is 4.26. The summed E-state index contributed by atoms with van der Waals surface area (Å²) in [6.07, 6.45) is 1.51. The summed E-state index contributed by atoms with van der Waals surface area (Å²) < 4.78 is 0. The highest BCUT2D eigenvalue weighted by atomic mass is 16.4. The van der Waals surface area contributed by atoms with Gasteiger partial charge in [0, 0.05) is 6.54 Å². The number of carbonyl (C=O) groups is 1.